The molecule has 1 aromatic carbocycles. The first-order chi connectivity index (χ1) is 9.65. The fraction of sp³-hybridized carbons (Fsp3) is 0.588. The Morgan fingerprint density at radius 1 is 1.15 bits per heavy atom. The predicted molar refractivity (Wildman–Crippen MR) is 80.9 cm³/mol. The van der Waals surface area contributed by atoms with E-state index in [0.717, 1.165) is 18.5 Å². The van der Waals surface area contributed by atoms with Crippen molar-refractivity contribution in [2.45, 2.75) is 39.0 Å². The average Bonchev–Trinajstić information content (AvgIpc) is 2.47. The minimum Gasteiger partial charge on any atom is -0.481 e. The van der Waals surface area contributed by atoms with E-state index in [2.05, 4.69) is 29.2 Å². The molecule has 110 valence electrons. The minimum absolute atomic E-state index is 0.311. The van der Waals surface area contributed by atoms with Crippen LogP contribution in [-0.2, 0) is 17.6 Å². The Hall–Kier alpha value is -1.35. The standard InChI is InChI=1S/C17H25NO2/c1-14(17(19)20)13-16-7-5-15(6-8-16)9-12-18-10-3-2-4-11-18/h5-8,14H,2-4,9-13H2,1H3,(H,19,20). The zero-order valence-electron chi connectivity index (χ0n) is 12.3. The monoisotopic (exact) mass is 275 g/mol. The molecule has 20 heavy (non-hydrogen) atoms. The maximum Gasteiger partial charge on any atom is 0.306 e. The highest BCUT2D eigenvalue weighted by atomic mass is 16.4. The number of carboxylic acids is 1. The fourth-order valence-electron chi connectivity index (χ4n) is 2.75. The van der Waals surface area contributed by atoms with Gasteiger partial charge in [0, 0.05) is 6.54 Å². The van der Waals surface area contributed by atoms with Crippen molar-refractivity contribution in [3.63, 3.8) is 0 Å². The highest BCUT2D eigenvalue weighted by Crippen LogP contribution is 2.13. The van der Waals surface area contributed by atoms with E-state index in [-0.39, 0.29) is 5.92 Å². The van der Waals surface area contributed by atoms with Crippen LogP contribution in [0.5, 0.6) is 0 Å². The van der Waals surface area contributed by atoms with Crippen molar-refractivity contribution in [1.82, 2.24) is 4.90 Å². The summed E-state index contributed by atoms with van der Waals surface area (Å²) in [6, 6.07) is 8.44. The summed E-state index contributed by atoms with van der Waals surface area (Å²) in [6.07, 6.45) is 5.77. The summed E-state index contributed by atoms with van der Waals surface area (Å²) in [5.41, 5.74) is 2.46. The molecule has 3 heteroatoms. The van der Waals surface area contributed by atoms with Gasteiger partial charge in [-0.1, -0.05) is 37.6 Å². The van der Waals surface area contributed by atoms with Gasteiger partial charge in [0.2, 0.25) is 0 Å². The molecule has 1 heterocycles. The van der Waals surface area contributed by atoms with E-state index < -0.39 is 5.97 Å². The zero-order valence-corrected chi connectivity index (χ0v) is 12.3. The third-order valence-corrected chi connectivity index (χ3v) is 4.15. The molecule has 0 spiro atoms. The number of rotatable bonds is 6. The fourth-order valence-corrected chi connectivity index (χ4v) is 2.75. The van der Waals surface area contributed by atoms with Crippen LogP contribution >= 0.6 is 0 Å². The van der Waals surface area contributed by atoms with Crippen molar-refractivity contribution < 1.29 is 9.90 Å². The third kappa shape index (κ3) is 4.64. The Labute approximate surface area is 121 Å². The summed E-state index contributed by atoms with van der Waals surface area (Å²) in [5.74, 6) is -1.03. The zero-order chi connectivity index (χ0) is 14.4. The molecule has 1 saturated heterocycles. The molecular weight excluding hydrogens is 250 g/mol. The number of carbonyl (C=O) groups is 1. The van der Waals surface area contributed by atoms with Crippen molar-refractivity contribution in [3.8, 4) is 0 Å². The SMILES string of the molecule is CC(Cc1ccc(CCN2CCCCC2)cc1)C(=O)O. The first-order valence-electron chi connectivity index (χ1n) is 7.68. The van der Waals surface area contributed by atoms with E-state index >= 15 is 0 Å². The van der Waals surface area contributed by atoms with Crippen molar-refractivity contribution >= 4 is 5.97 Å². The number of nitrogens with zero attached hydrogens (tertiary/aromatic N) is 1. The quantitative estimate of drug-likeness (QED) is 0.867. The first kappa shape index (κ1) is 15.0. The number of carboxylic acid groups (broad SMARTS) is 1. The second-order valence-corrected chi connectivity index (χ2v) is 5.91. The Morgan fingerprint density at radius 3 is 2.35 bits per heavy atom. The van der Waals surface area contributed by atoms with Crippen LogP contribution in [0.2, 0.25) is 0 Å². The molecule has 1 aromatic rings. The lowest BCUT2D eigenvalue weighted by Gasteiger charge is -2.26. The molecule has 1 atom stereocenters. The topological polar surface area (TPSA) is 40.5 Å². The lowest BCUT2D eigenvalue weighted by molar-refractivity contribution is -0.141. The van der Waals surface area contributed by atoms with Crippen LogP contribution in [0.3, 0.4) is 0 Å². The van der Waals surface area contributed by atoms with Gasteiger partial charge in [-0.15, -0.1) is 0 Å². The average molecular weight is 275 g/mol. The maximum atomic E-state index is 10.8. The second kappa shape index (κ2) is 7.44. The highest BCUT2D eigenvalue weighted by Gasteiger charge is 2.12. The van der Waals surface area contributed by atoms with Gasteiger partial charge in [-0.2, -0.15) is 0 Å². The second-order valence-electron chi connectivity index (χ2n) is 5.91. The van der Waals surface area contributed by atoms with Gasteiger partial charge in [0.05, 0.1) is 5.92 Å². The van der Waals surface area contributed by atoms with Crippen LogP contribution in [0.25, 0.3) is 0 Å². The molecule has 1 fully saturated rings. The van der Waals surface area contributed by atoms with Gasteiger partial charge in [-0.25, -0.2) is 0 Å². The molecular formula is C17H25NO2. The van der Waals surface area contributed by atoms with Crippen molar-refractivity contribution in [1.29, 1.82) is 0 Å². The minimum atomic E-state index is -0.723. The third-order valence-electron chi connectivity index (χ3n) is 4.15. The van der Waals surface area contributed by atoms with Crippen LogP contribution in [0.4, 0.5) is 0 Å². The summed E-state index contributed by atoms with van der Waals surface area (Å²) in [5, 5.41) is 8.92. The van der Waals surface area contributed by atoms with Crippen LogP contribution in [0.15, 0.2) is 24.3 Å². The molecule has 0 aliphatic carbocycles. The number of aliphatic carboxylic acids is 1. The molecule has 3 nitrogen and oxygen atoms in total. The predicted octanol–water partition coefficient (Wildman–Crippen LogP) is 2.98. The largest absolute Gasteiger partial charge is 0.481 e. The molecule has 0 saturated carbocycles. The van der Waals surface area contributed by atoms with E-state index in [1.807, 2.05) is 0 Å². The van der Waals surface area contributed by atoms with E-state index in [9.17, 15) is 4.79 Å². The van der Waals surface area contributed by atoms with E-state index in [1.165, 1.54) is 37.9 Å². The van der Waals surface area contributed by atoms with Crippen molar-refractivity contribution in [2.24, 2.45) is 5.92 Å². The molecule has 1 N–H and O–H groups in total. The van der Waals surface area contributed by atoms with E-state index in [1.54, 1.807) is 6.92 Å². The number of likely N-dealkylation sites (tertiary alicyclic amines) is 1. The molecule has 0 bridgehead atoms. The first-order valence-corrected chi connectivity index (χ1v) is 7.68. The van der Waals surface area contributed by atoms with Crippen molar-refractivity contribution in [3.05, 3.63) is 35.4 Å². The normalized spacial score (nSPS) is 17.9. The van der Waals surface area contributed by atoms with Gasteiger partial charge in [0.25, 0.3) is 0 Å². The Morgan fingerprint density at radius 2 is 1.75 bits per heavy atom. The van der Waals surface area contributed by atoms with Gasteiger partial charge in [-0.3, -0.25) is 4.79 Å². The molecule has 1 aliphatic rings. The van der Waals surface area contributed by atoms with Crippen LogP contribution in [0, 0.1) is 5.92 Å². The number of piperidine rings is 1. The van der Waals surface area contributed by atoms with Gasteiger partial charge < -0.3 is 10.0 Å². The molecule has 0 radical (unpaired) electrons. The number of hydrogen-bond donors (Lipinski definition) is 1. The summed E-state index contributed by atoms with van der Waals surface area (Å²) >= 11 is 0. The number of benzene rings is 1. The Kier molecular flexibility index (Phi) is 5.60. The van der Waals surface area contributed by atoms with Crippen LogP contribution in [0.1, 0.15) is 37.3 Å². The summed E-state index contributed by atoms with van der Waals surface area (Å²) in [7, 11) is 0. The van der Waals surface area contributed by atoms with Crippen molar-refractivity contribution in [2.75, 3.05) is 19.6 Å². The van der Waals surface area contributed by atoms with Crippen LogP contribution in [-0.4, -0.2) is 35.6 Å². The summed E-state index contributed by atoms with van der Waals surface area (Å²) in [6.45, 7) is 5.39. The number of hydrogen-bond acceptors (Lipinski definition) is 2. The smallest absolute Gasteiger partial charge is 0.306 e. The van der Waals surface area contributed by atoms with Gasteiger partial charge in [-0.05, 0) is 49.9 Å². The molecule has 1 aliphatic heterocycles. The van der Waals surface area contributed by atoms with E-state index in [4.69, 9.17) is 5.11 Å². The molecule has 0 aromatic heterocycles. The summed E-state index contributed by atoms with van der Waals surface area (Å²) in [4.78, 5) is 13.4. The molecule has 2 rings (SSSR count). The maximum absolute atomic E-state index is 10.8. The Bertz CT molecular complexity index is 421. The summed E-state index contributed by atoms with van der Waals surface area (Å²) < 4.78 is 0. The van der Waals surface area contributed by atoms with Gasteiger partial charge in [0.15, 0.2) is 0 Å². The van der Waals surface area contributed by atoms with Gasteiger partial charge in [0.1, 0.15) is 0 Å². The lowest BCUT2D eigenvalue weighted by Crippen LogP contribution is -2.31. The molecule has 0 amide bonds. The Balaban J connectivity index is 1.80. The van der Waals surface area contributed by atoms with Crippen LogP contribution < -0.4 is 0 Å². The lowest BCUT2D eigenvalue weighted by atomic mass is 9.99. The molecule has 1 unspecified atom stereocenters. The van der Waals surface area contributed by atoms with E-state index in [0.29, 0.717) is 6.42 Å². The highest BCUT2D eigenvalue weighted by molar-refractivity contribution is 5.69. The van der Waals surface area contributed by atoms with Gasteiger partial charge >= 0.3 is 5.97 Å².